The number of rotatable bonds is 1. The van der Waals surface area contributed by atoms with Crippen molar-refractivity contribution in [1.82, 2.24) is 4.90 Å². The number of amides is 2. The predicted molar refractivity (Wildman–Crippen MR) is 71.4 cm³/mol. The molecule has 2 amide bonds. The van der Waals surface area contributed by atoms with Crippen molar-refractivity contribution in [3.05, 3.63) is 0 Å². The fourth-order valence-corrected chi connectivity index (χ4v) is 3.98. The van der Waals surface area contributed by atoms with Crippen LogP contribution in [0, 0.1) is 11.3 Å². The van der Waals surface area contributed by atoms with Crippen LogP contribution >= 0.6 is 0 Å². The summed E-state index contributed by atoms with van der Waals surface area (Å²) in [4.78, 5) is 18.2. The molecule has 0 aromatic carbocycles. The van der Waals surface area contributed by atoms with E-state index in [2.05, 4.69) is 25.8 Å². The van der Waals surface area contributed by atoms with E-state index in [1.807, 2.05) is 4.90 Å². The van der Waals surface area contributed by atoms with Gasteiger partial charge in [0.1, 0.15) is 11.4 Å². The van der Waals surface area contributed by atoms with Gasteiger partial charge in [-0.25, -0.2) is 4.79 Å². The Balaban J connectivity index is 1.97. The van der Waals surface area contributed by atoms with Gasteiger partial charge in [-0.2, -0.15) is 4.99 Å². The molecule has 0 saturated heterocycles. The number of hydrogen-bond donors (Lipinski definition) is 1. The van der Waals surface area contributed by atoms with Crippen LogP contribution in [0.2, 0.25) is 0 Å². The smallest absolute Gasteiger partial charge is 0.346 e. The summed E-state index contributed by atoms with van der Waals surface area (Å²) < 4.78 is 0. The third kappa shape index (κ3) is 1.50. The summed E-state index contributed by atoms with van der Waals surface area (Å²) in [5.74, 6) is 0.972. The monoisotopic (exact) mass is 249 g/mol. The SMILES string of the molecule is CC1CC(C)(C)CCC12C(N)=NC(=O)N2C1CC1. The maximum atomic E-state index is 12.1. The minimum atomic E-state index is -0.270. The minimum absolute atomic E-state index is 0.0958. The van der Waals surface area contributed by atoms with Crippen LogP contribution in [0.5, 0.6) is 0 Å². The zero-order valence-electron chi connectivity index (χ0n) is 11.6. The summed E-state index contributed by atoms with van der Waals surface area (Å²) in [5.41, 5.74) is 6.24. The molecule has 2 saturated carbocycles. The predicted octanol–water partition coefficient (Wildman–Crippen LogP) is 2.53. The van der Waals surface area contributed by atoms with Crippen LogP contribution in [0.25, 0.3) is 0 Å². The van der Waals surface area contributed by atoms with Crippen LogP contribution in [-0.4, -0.2) is 28.3 Å². The Hall–Kier alpha value is -1.06. The highest BCUT2D eigenvalue weighted by Gasteiger charge is 2.58. The Morgan fingerprint density at radius 1 is 1.33 bits per heavy atom. The second-order valence-electron chi connectivity index (χ2n) is 7.07. The molecule has 3 aliphatic rings. The van der Waals surface area contributed by atoms with Crippen molar-refractivity contribution in [3.63, 3.8) is 0 Å². The number of aliphatic imine (C=N–C) groups is 1. The normalized spacial score (nSPS) is 39.3. The summed E-state index contributed by atoms with van der Waals surface area (Å²) in [5, 5.41) is 0. The Labute approximate surface area is 109 Å². The first-order chi connectivity index (χ1) is 8.37. The highest BCUT2D eigenvalue weighted by atomic mass is 16.2. The largest absolute Gasteiger partial charge is 0.385 e. The Kier molecular flexibility index (Phi) is 2.32. The minimum Gasteiger partial charge on any atom is -0.385 e. The molecule has 2 unspecified atom stereocenters. The quantitative estimate of drug-likeness (QED) is 0.776. The summed E-state index contributed by atoms with van der Waals surface area (Å²) in [6.45, 7) is 6.85. The average Bonchev–Trinajstić information content (AvgIpc) is 3.01. The van der Waals surface area contributed by atoms with Gasteiger partial charge in [0, 0.05) is 6.04 Å². The second-order valence-corrected chi connectivity index (χ2v) is 7.07. The molecule has 2 aliphatic carbocycles. The molecule has 4 nitrogen and oxygen atoms in total. The van der Waals surface area contributed by atoms with E-state index in [0.29, 0.717) is 23.2 Å². The van der Waals surface area contributed by atoms with E-state index in [1.54, 1.807) is 0 Å². The summed E-state index contributed by atoms with van der Waals surface area (Å²) in [7, 11) is 0. The van der Waals surface area contributed by atoms with Crippen molar-refractivity contribution in [2.75, 3.05) is 0 Å². The number of amidine groups is 1. The van der Waals surface area contributed by atoms with Gasteiger partial charge in [-0.05, 0) is 43.4 Å². The Morgan fingerprint density at radius 2 is 2.00 bits per heavy atom. The molecule has 2 atom stereocenters. The molecule has 1 heterocycles. The van der Waals surface area contributed by atoms with Crippen molar-refractivity contribution in [2.24, 2.45) is 22.1 Å². The lowest BCUT2D eigenvalue weighted by atomic mass is 9.63. The third-order valence-corrected chi connectivity index (χ3v) is 5.06. The molecule has 1 aliphatic heterocycles. The van der Waals surface area contributed by atoms with E-state index in [0.717, 1.165) is 32.1 Å². The van der Waals surface area contributed by atoms with Crippen molar-refractivity contribution in [3.8, 4) is 0 Å². The van der Waals surface area contributed by atoms with Gasteiger partial charge in [0.2, 0.25) is 0 Å². The van der Waals surface area contributed by atoms with Crippen LogP contribution in [0.1, 0.15) is 52.9 Å². The number of urea groups is 1. The van der Waals surface area contributed by atoms with Gasteiger partial charge in [-0.15, -0.1) is 0 Å². The highest BCUT2D eigenvalue weighted by molar-refractivity contribution is 6.06. The zero-order valence-corrected chi connectivity index (χ0v) is 11.6. The molecule has 0 bridgehead atoms. The van der Waals surface area contributed by atoms with E-state index >= 15 is 0 Å². The fraction of sp³-hybridized carbons (Fsp3) is 0.857. The number of carbonyl (C=O) groups is 1. The van der Waals surface area contributed by atoms with Crippen molar-refractivity contribution in [1.29, 1.82) is 0 Å². The number of nitrogens with two attached hydrogens (primary N) is 1. The summed E-state index contributed by atoms with van der Waals surface area (Å²) >= 11 is 0. The van der Waals surface area contributed by atoms with Crippen LogP contribution in [0.15, 0.2) is 4.99 Å². The second kappa shape index (κ2) is 3.49. The maximum Gasteiger partial charge on any atom is 0.346 e. The lowest BCUT2D eigenvalue weighted by molar-refractivity contribution is 0.0472. The molecule has 4 heteroatoms. The van der Waals surface area contributed by atoms with Gasteiger partial charge in [0.05, 0.1) is 0 Å². The lowest BCUT2D eigenvalue weighted by Crippen LogP contribution is -2.61. The summed E-state index contributed by atoms with van der Waals surface area (Å²) in [6, 6.07) is 0.299. The van der Waals surface area contributed by atoms with E-state index in [4.69, 9.17) is 5.73 Å². The topological polar surface area (TPSA) is 58.7 Å². The van der Waals surface area contributed by atoms with Gasteiger partial charge in [-0.3, -0.25) is 0 Å². The number of nitrogens with zero attached hydrogens (tertiary/aromatic N) is 2. The van der Waals surface area contributed by atoms with Crippen molar-refractivity contribution in [2.45, 2.75) is 64.5 Å². The Bertz CT molecular complexity index is 425. The van der Waals surface area contributed by atoms with Gasteiger partial charge >= 0.3 is 6.03 Å². The molecule has 0 aromatic rings. The van der Waals surface area contributed by atoms with E-state index < -0.39 is 0 Å². The average molecular weight is 249 g/mol. The van der Waals surface area contributed by atoms with Crippen LogP contribution in [0.3, 0.4) is 0 Å². The molecular weight excluding hydrogens is 226 g/mol. The number of hydrogen-bond acceptors (Lipinski definition) is 2. The first-order valence-electron chi connectivity index (χ1n) is 7.05. The lowest BCUT2D eigenvalue weighted by Gasteiger charge is -2.50. The van der Waals surface area contributed by atoms with Crippen LogP contribution in [0.4, 0.5) is 4.79 Å². The first-order valence-corrected chi connectivity index (χ1v) is 7.05. The molecule has 1 spiro atoms. The molecule has 100 valence electrons. The first kappa shape index (κ1) is 12.0. The molecule has 0 radical (unpaired) electrons. The van der Waals surface area contributed by atoms with Gasteiger partial charge < -0.3 is 10.6 Å². The maximum absolute atomic E-state index is 12.1. The molecule has 18 heavy (non-hydrogen) atoms. The zero-order chi connectivity index (χ0) is 13.1. The van der Waals surface area contributed by atoms with E-state index in [1.165, 1.54) is 0 Å². The Morgan fingerprint density at radius 3 is 2.56 bits per heavy atom. The number of carbonyl (C=O) groups excluding carboxylic acids is 1. The van der Waals surface area contributed by atoms with Gasteiger partial charge in [-0.1, -0.05) is 20.8 Å². The van der Waals surface area contributed by atoms with Gasteiger partial charge in [0.25, 0.3) is 0 Å². The van der Waals surface area contributed by atoms with Crippen LogP contribution in [-0.2, 0) is 0 Å². The highest BCUT2D eigenvalue weighted by Crippen LogP contribution is 2.51. The summed E-state index contributed by atoms with van der Waals surface area (Å²) in [6.07, 6.45) is 5.43. The fourth-order valence-electron chi connectivity index (χ4n) is 3.98. The van der Waals surface area contributed by atoms with Gasteiger partial charge in [0.15, 0.2) is 0 Å². The third-order valence-electron chi connectivity index (χ3n) is 5.06. The molecular formula is C14H23N3O. The van der Waals surface area contributed by atoms with Crippen molar-refractivity contribution >= 4 is 11.9 Å². The molecule has 3 rings (SSSR count). The molecule has 2 N–H and O–H groups in total. The standard InChI is InChI=1S/C14H23N3O/c1-9-8-13(2,3)6-7-14(9)11(15)16-12(18)17(14)10-4-5-10/h9-10H,4-8H2,1-3H3,(H2,15,16,18). The molecule has 2 fully saturated rings. The van der Waals surface area contributed by atoms with Crippen molar-refractivity contribution < 1.29 is 4.79 Å². The molecule has 0 aromatic heterocycles. The van der Waals surface area contributed by atoms with Crippen LogP contribution < -0.4 is 5.73 Å². The van der Waals surface area contributed by atoms with E-state index in [-0.39, 0.29) is 11.6 Å². The van der Waals surface area contributed by atoms with E-state index in [9.17, 15) is 4.79 Å².